The summed E-state index contributed by atoms with van der Waals surface area (Å²) in [5.41, 5.74) is 3.12. The lowest BCUT2D eigenvalue weighted by molar-refractivity contribution is 0.112. The van der Waals surface area contributed by atoms with Gasteiger partial charge in [0.1, 0.15) is 4.90 Å². The first-order chi connectivity index (χ1) is 9.88. The predicted molar refractivity (Wildman–Crippen MR) is 88.4 cm³/mol. The highest BCUT2D eigenvalue weighted by atomic mass is 35.5. The molecular formula is C16H17ClO4S. The molecule has 118 valence electrons. The molecule has 0 unspecified atom stereocenters. The molecule has 0 saturated carbocycles. The second-order valence-electron chi connectivity index (χ2n) is 4.83. The van der Waals surface area contributed by atoms with E-state index in [4.69, 9.17) is 0 Å². The Hall–Kier alpha value is -1.69. The molecule has 0 aliphatic carbocycles. The second-order valence-corrected chi connectivity index (χ2v) is 6.22. The zero-order chi connectivity index (χ0) is 15.6. The minimum Gasteiger partial charge on any atom is -0.298 e. The Morgan fingerprint density at radius 2 is 1.86 bits per heavy atom. The molecule has 6 heteroatoms. The summed E-state index contributed by atoms with van der Waals surface area (Å²) in [5.74, 6) is 0. The SMILES string of the molecule is CCc1cc(C)ccc1-c1c(C=O)cccc1S(=O)(=O)O.Cl. The van der Waals surface area contributed by atoms with E-state index in [0.717, 1.165) is 11.1 Å². The van der Waals surface area contributed by atoms with Crippen molar-refractivity contribution < 1.29 is 17.8 Å². The van der Waals surface area contributed by atoms with Crippen molar-refractivity contribution >= 4 is 28.8 Å². The van der Waals surface area contributed by atoms with E-state index in [2.05, 4.69) is 0 Å². The fraction of sp³-hybridized carbons (Fsp3) is 0.188. The van der Waals surface area contributed by atoms with Crippen LogP contribution in [0.15, 0.2) is 41.3 Å². The Balaban J connectivity index is 0.00000242. The number of hydrogen-bond acceptors (Lipinski definition) is 3. The van der Waals surface area contributed by atoms with Crippen molar-refractivity contribution in [3.63, 3.8) is 0 Å². The maximum absolute atomic E-state index is 11.6. The van der Waals surface area contributed by atoms with Gasteiger partial charge in [0.25, 0.3) is 10.1 Å². The van der Waals surface area contributed by atoms with Gasteiger partial charge in [-0.3, -0.25) is 9.35 Å². The summed E-state index contributed by atoms with van der Waals surface area (Å²) in [4.78, 5) is 11.0. The molecule has 0 fully saturated rings. The van der Waals surface area contributed by atoms with Crippen LogP contribution in [0.3, 0.4) is 0 Å². The maximum atomic E-state index is 11.6. The van der Waals surface area contributed by atoms with E-state index in [1.54, 1.807) is 6.07 Å². The number of carbonyl (C=O) groups excluding carboxylic acids is 1. The zero-order valence-corrected chi connectivity index (χ0v) is 13.9. The number of hydrogen-bond donors (Lipinski definition) is 1. The molecule has 4 nitrogen and oxygen atoms in total. The zero-order valence-electron chi connectivity index (χ0n) is 12.2. The van der Waals surface area contributed by atoms with Gasteiger partial charge in [-0.1, -0.05) is 42.8 Å². The van der Waals surface area contributed by atoms with Crippen LogP contribution in [0.5, 0.6) is 0 Å². The Bertz CT molecular complexity index is 798. The van der Waals surface area contributed by atoms with Gasteiger partial charge in [-0.25, -0.2) is 0 Å². The normalized spacial score (nSPS) is 10.9. The Labute approximate surface area is 136 Å². The van der Waals surface area contributed by atoms with Crippen molar-refractivity contribution in [3.8, 4) is 11.1 Å². The van der Waals surface area contributed by atoms with Crippen LogP contribution in [-0.2, 0) is 16.5 Å². The third-order valence-corrected chi connectivity index (χ3v) is 4.27. The molecule has 0 aliphatic heterocycles. The Morgan fingerprint density at radius 1 is 1.18 bits per heavy atom. The third kappa shape index (κ3) is 3.55. The topological polar surface area (TPSA) is 71.4 Å². The van der Waals surface area contributed by atoms with Crippen LogP contribution in [0.4, 0.5) is 0 Å². The molecule has 0 radical (unpaired) electrons. The molecule has 0 bridgehead atoms. The van der Waals surface area contributed by atoms with E-state index in [-0.39, 0.29) is 28.4 Å². The predicted octanol–water partition coefficient (Wildman–Crippen LogP) is 3.71. The fourth-order valence-electron chi connectivity index (χ4n) is 2.41. The van der Waals surface area contributed by atoms with E-state index < -0.39 is 10.1 Å². The standard InChI is InChI=1S/C16H16O4S.ClH/c1-3-12-9-11(2)7-8-14(12)16-13(10-17)5-4-6-15(16)21(18,19)20;/h4-10H,3H2,1-2H3,(H,18,19,20);1H. The summed E-state index contributed by atoms with van der Waals surface area (Å²) in [6.07, 6.45) is 1.29. The van der Waals surface area contributed by atoms with E-state index in [9.17, 15) is 17.8 Å². The van der Waals surface area contributed by atoms with Gasteiger partial charge in [-0.05, 0) is 30.5 Å². The molecule has 0 aromatic heterocycles. The smallest absolute Gasteiger partial charge is 0.295 e. The van der Waals surface area contributed by atoms with Crippen molar-refractivity contribution in [1.29, 1.82) is 0 Å². The van der Waals surface area contributed by atoms with Crippen LogP contribution >= 0.6 is 12.4 Å². The van der Waals surface area contributed by atoms with Crippen molar-refractivity contribution in [3.05, 3.63) is 53.1 Å². The van der Waals surface area contributed by atoms with Crippen LogP contribution < -0.4 is 0 Å². The molecule has 2 rings (SSSR count). The molecule has 0 saturated heterocycles. The molecule has 0 atom stereocenters. The van der Waals surface area contributed by atoms with E-state index in [0.29, 0.717) is 18.3 Å². The Kier molecular flexibility index (Phi) is 5.88. The summed E-state index contributed by atoms with van der Waals surface area (Å²) in [5, 5.41) is 0. The fourth-order valence-corrected chi connectivity index (χ4v) is 3.14. The lowest BCUT2D eigenvalue weighted by atomic mass is 9.93. The van der Waals surface area contributed by atoms with Crippen LogP contribution in [0, 0.1) is 6.92 Å². The van der Waals surface area contributed by atoms with Crippen molar-refractivity contribution in [2.45, 2.75) is 25.2 Å². The van der Waals surface area contributed by atoms with E-state index >= 15 is 0 Å². The molecule has 2 aromatic rings. The second kappa shape index (κ2) is 7.05. The molecule has 0 aliphatic rings. The summed E-state index contributed by atoms with van der Waals surface area (Å²) in [6, 6.07) is 9.86. The van der Waals surface area contributed by atoms with Gasteiger partial charge in [-0.15, -0.1) is 12.4 Å². The van der Waals surface area contributed by atoms with Crippen molar-refractivity contribution in [1.82, 2.24) is 0 Å². The van der Waals surface area contributed by atoms with Gasteiger partial charge in [0.15, 0.2) is 6.29 Å². The van der Waals surface area contributed by atoms with Gasteiger partial charge in [0, 0.05) is 11.1 Å². The van der Waals surface area contributed by atoms with Gasteiger partial charge in [0.2, 0.25) is 0 Å². The number of aryl methyl sites for hydroxylation is 2. The van der Waals surface area contributed by atoms with Gasteiger partial charge in [0.05, 0.1) is 0 Å². The number of rotatable bonds is 4. The average Bonchev–Trinajstić information content (AvgIpc) is 2.45. The Morgan fingerprint density at radius 3 is 2.41 bits per heavy atom. The summed E-state index contributed by atoms with van der Waals surface area (Å²) >= 11 is 0. The van der Waals surface area contributed by atoms with Gasteiger partial charge >= 0.3 is 0 Å². The van der Waals surface area contributed by atoms with Gasteiger partial charge in [-0.2, -0.15) is 8.42 Å². The first-order valence-corrected chi connectivity index (χ1v) is 7.98. The molecule has 1 N–H and O–H groups in total. The quantitative estimate of drug-likeness (QED) is 0.680. The number of benzene rings is 2. The first-order valence-electron chi connectivity index (χ1n) is 6.54. The molecule has 0 spiro atoms. The van der Waals surface area contributed by atoms with Crippen LogP contribution in [0.25, 0.3) is 11.1 Å². The maximum Gasteiger partial charge on any atom is 0.295 e. The lowest BCUT2D eigenvalue weighted by Crippen LogP contribution is -2.04. The van der Waals surface area contributed by atoms with Crippen LogP contribution in [0.1, 0.15) is 28.4 Å². The molecule has 0 amide bonds. The summed E-state index contributed by atoms with van der Waals surface area (Å²) in [7, 11) is -4.41. The highest BCUT2D eigenvalue weighted by molar-refractivity contribution is 7.86. The number of halogens is 1. The monoisotopic (exact) mass is 340 g/mol. The highest BCUT2D eigenvalue weighted by Crippen LogP contribution is 2.33. The van der Waals surface area contributed by atoms with E-state index in [1.165, 1.54) is 18.2 Å². The minimum absolute atomic E-state index is 0. The lowest BCUT2D eigenvalue weighted by Gasteiger charge is -2.14. The largest absolute Gasteiger partial charge is 0.298 e. The highest BCUT2D eigenvalue weighted by Gasteiger charge is 2.21. The number of aldehydes is 1. The van der Waals surface area contributed by atoms with Crippen LogP contribution in [0.2, 0.25) is 0 Å². The van der Waals surface area contributed by atoms with Crippen LogP contribution in [-0.4, -0.2) is 19.3 Å². The summed E-state index contributed by atoms with van der Waals surface area (Å²) < 4.78 is 32.6. The van der Waals surface area contributed by atoms with Gasteiger partial charge < -0.3 is 0 Å². The first kappa shape index (κ1) is 18.4. The van der Waals surface area contributed by atoms with E-state index in [1.807, 2.05) is 26.0 Å². The third-order valence-electron chi connectivity index (χ3n) is 3.37. The molecule has 0 heterocycles. The molecular weight excluding hydrogens is 324 g/mol. The minimum atomic E-state index is -4.41. The summed E-state index contributed by atoms with van der Waals surface area (Å²) in [6.45, 7) is 3.90. The average molecular weight is 341 g/mol. The van der Waals surface area contributed by atoms with Crippen molar-refractivity contribution in [2.75, 3.05) is 0 Å². The van der Waals surface area contributed by atoms with Crippen molar-refractivity contribution in [2.24, 2.45) is 0 Å². The number of carbonyl (C=O) groups is 1. The molecule has 2 aromatic carbocycles. The molecule has 22 heavy (non-hydrogen) atoms.